The van der Waals surface area contributed by atoms with Crippen molar-refractivity contribution in [3.05, 3.63) is 22.3 Å². The molecule has 3 N–H and O–H groups in total. The summed E-state index contributed by atoms with van der Waals surface area (Å²) in [6.07, 6.45) is 1.10. The summed E-state index contributed by atoms with van der Waals surface area (Å²) in [5.74, 6) is -3.36. The molecule has 7 nitrogen and oxygen atoms in total. The van der Waals surface area contributed by atoms with Crippen molar-refractivity contribution in [3.8, 4) is 17.2 Å². The zero-order chi connectivity index (χ0) is 19.5. The summed E-state index contributed by atoms with van der Waals surface area (Å²) in [7, 11) is 2.75. The predicted molar refractivity (Wildman–Crippen MR) is 92.6 cm³/mol. The largest absolute Gasteiger partial charge is 0.502 e. The SMILES string of the molecule is COc1c(O)c(OC)c(C(C)C)c(C=C(C(=O)O)C(=O)O)c1C(C)C. The first-order valence-electron chi connectivity index (χ1n) is 7.77. The van der Waals surface area contributed by atoms with Crippen LogP contribution in [0.25, 0.3) is 6.08 Å². The summed E-state index contributed by atoms with van der Waals surface area (Å²) in [5, 5.41) is 28.9. The van der Waals surface area contributed by atoms with Gasteiger partial charge < -0.3 is 24.8 Å². The summed E-state index contributed by atoms with van der Waals surface area (Å²) < 4.78 is 10.6. The van der Waals surface area contributed by atoms with Gasteiger partial charge in [0.25, 0.3) is 0 Å². The lowest BCUT2D eigenvalue weighted by Crippen LogP contribution is -2.13. The van der Waals surface area contributed by atoms with E-state index in [9.17, 15) is 24.9 Å². The van der Waals surface area contributed by atoms with E-state index in [1.54, 1.807) is 0 Å². The Bertz CT molecular complexity index is 662. The molecule has 0 spiro atoms. The van der Waals surface area contributed by atoms with E-state index < -0.39 is 17.5 Å². The van der Waals surface area contributed by atoms with Crippen LogP contribution in [0.15, 0.2) is 5.57 Å². The second kappa shape index (κ2) is 7.92. The van der Waals surface area contributed by atoms with Crippen molar-refractivity contribution in [2.45, 2.75) is 39.5 Å². The molecule has 1 rings (SSSR count). The molecule has 0 aliphatic carbocycles. The Morgan fingerprint density at radius 2 is 1.24 bits per heavy atom. The smallest absolute Gasteiger partial charge is 0.343 e. The molecule has 0 unspecified atom stereocenters. The van der Waals surface area contributed by atoms with Crippen molar-refractivity contribution in [1.29, 1.82) is 0 Å². The van der Waals surface area contributed by atoms with E-state index in [1.807, 2.05) is 27.7 Å². The van der Waals surface area contributed by atoms with Crippen LogP contribution in [0.5, 0.6) is 17.2 Å². The van der Waals surface area contributed by atoms with Gasteiger partial charge in [-0.15, -0.1) is 0 Å². The molecule has 0 bridgehead atoms. The Kier molecular flexibility index (Phi) is 6.44. The van der Waals surface area contributed by atoms with Crippen molar-refractivity contribution >= 4 is 18.0 Å². The lowest BCUT2D eigenvalue weighted by atomic mass is 9.85. The molecule has 0 saturated heterocycles. The van der Waals surface area contributed by atoms with Crippen molar-refractivity contribution in [2.75, 3.05) is 14.2 Å². The first kappa shape index (κ1) is 20.3. The van der Waals surface area contributed by atoms with Gasteiger partial charge in [-0.3, -0.25) is 0 Å². The fourth-order valence-electron chi connectivity index (χ4n) is 2.82. The topological polar surface area (TPSA) is 113 Å². The Morgan fingerprint density at radius 3 is 1.48 bits per heavy atom. The second-order valence-electron chi connectivity index (χ2n) is 6.13. The molecule has 0 atom stereocenters. The third-order valence-corrected chi connectivity index (χ3v) is 3.81. The normalized spacial score (nSPS) is 10.7. The number of rotatable bonds is 7. The van der Waals surface area contributed by atoms with Crippen molar-refractivity contribution in [3.63, 3.8) is 0 Å². The first-order valence-corrected chi connectivity index (χ1v) is 7.77. The number of methoxy groups -OCH3 is 2. The predicted octanol–water partition coefficient (Wildman–Crippen LogP) is 3.21. The molecule has 1 aromatic carbocycles. The molecular weight excluding hydrogens is 328 g/mol. The number of aliphatic carboxylic acids is 2. The maximum Gasteiger partial charge on any atom is 0.343 e. The molecule has 0 aromatic heterocycles. The van der Waals surface area contributed by atoms with E-state index >= 15 is 0 Å². The quantitative estimate of drug-likeness (QED) is 0.392. The van der Waals surface area contributed by atoms with E-state index in [4.69, 9.17) is 9.47 Å². The van der Waals surface area contributed by atoms with E-state index in [-0.39, 0.29) is 29.1 Å². The van der Waals surface area contributed by atoms with Gasteiger partial charge in [-0.1, -0.05) is 27.7 Å². The molecular formula is C18H24O7. The summed E-state index contributed by atoms with van der Waals surface area (Å²) >= 11 is 0. The highest BCUT2D eigenvalue weighted by molar-refractivity contribution is 6.16. The van der Waals surface area contributed by atoms with Crippen LogP contribution in [-0.4, -0.2) is 41.5 Å². The molecule has 138 valence electrons. The summed E-state index contributed by atoms with van der Waals surface area (Å²) in [5.41, 5.74) is 0.629. The summed E-state index contributed by atoms with van der Waals surface area (Å²) in [4.78, 5) is 22.6. The van der Waals surface area contributed by atoms with Crippen LogP contribution in [0.1, 0.15) is 56.2 Å². The Hall–Kier alpha value is -2.70. The molecule has 25 heavy (non-hydrogen) atoms. The van der Waals surface area contributed by atoms with Crippen molar-refractivity contribution < 1.29 is 34.4 Å². The number of hydrogen-bond acceptors (Lipinski definition) is 5. The molecule has 0 radical (unpaired) electrons. The molecule has 7 heteroatoms. The molecule has 0 fully saturated rings. The van der Waals surface area contributed by atoms with Gasteiger partial charge in [0.15, 0.2) is 11.5 Å². The van der Waals surface area contributed by atoms with Gasteiger partial charge in [0.1, 0.15) is 5.57 Å². The number of carboxylic acids is 2. The Labute approximate surface area is 146 Å². The van der Waals surface area contributed by atoms with Crippen molar-refractivity contribution in [2.24, 2.45) is 0 Å². The molecule has 0 heterocycles. The zero-order valence-corrected chi connectivity index (χ0v) is 15.2. The highest BCUT2D eigenvalue weighted by Gasteiger charge is 2.29. The highest BCUT2D eigenvalue weighted by atomic mass is 16.5. The van der Waals surface area contributed by atoms with Gasteiger partial charge in [0, 0.05) is 11.1 Å². The van der Waals surface area contributed by atoms with Crippen LogP contribution in [0, 0.1) is 0 Å². The number of carbonyl (C=O) groups is 2. The molecule has 0 amide bonds. The third kappa shape index (κ3) is 3.87. The number of ether oxygens (including phenoxy) is 2. The van der Waals surface area contributed by atoms with Gasteiger partial charge in [-0.25, -0.2) is 9.59 Å². The maximum absolute atomic E-state index is 11.3. The molecule has 0 saturated carbocycles. The molecule has 0 aliphatic heterocycles. The number of benzene rings is 1. The Balaban J connectivity index is 4.11. The summed E-state index contributed by atoms with van der Waals surface area (Å²) in [6.45, 7) is 7.36. The van der Waals surface area contributed by atoms with Crippen LogP contribution < -0.4 is 9.47 Å². The fraction of sp³-hybridized carbons (Fsp3) is 0.444. The number of aromatic hydroxyl groups is 1. The van der Waals surface area contributed by atoms with E-state index in [0.29, 0.717) is 16.7 Å². The fourth-order valence-corrected chi connectivity index (χ4v) is 2.82. The monoisotopic (exact) mass is 352 g/mol. The van der Waals surface area contributed by atoms with Crippen LogP contribution in [0.3, 0.4) is 0 Å². The number of carboxylic acid groups (broad SMARTS) is 2. The van der Waals surface area contributed by atoms with E-state index in [0.717, 1.165) is 6.08 Å². The zero-order valence-electron chi connectivity index (χ0n) is 15.2. The van der Waals surface area contributed by atoms with Gasteiger partial charge in [0.05, 0.1) is 14.2 Å². The van der Waals surface area contributed by atoms with Gasteiger partial charge in [-0.05, 0) is 23.5 Å². The van der Waals surface area contributed by atoms with Gasteiger partial charge >= 0.3 is 11.9 Å². The summed E-state index contributed by atoms with van der Waals surface area (Å²) in [6, 6.07) is 0. The minimum atomic E-state index is -1.55. The minimum absolute atomic E-state index is 0.137. The standard InChI is InChI=1S/C18H24O7/c1-8(2)12-10(7-11(17(20)21)18(22)23)13(9(3)4)16(25-6)14(19)15(12)24-5/h7-9,19H,1-6H3,(H,20,21)(H,22,23). The van der Waals surface area contributed by atoms with Crippen LogP contribution in [0.4, 0.5) is 0 Å². The Morgan fingerprint density at radius 1 is 0.880 bits per heavy atom. The molecule has 1 aromatic rings. The van der Waals surface area contributed by atoms with Crippen LogP contribution >= 0.6 is 0 Å². The highest BCUT2D eigenvalue weighted by Crippen LogP contribution is 2.50. The third-order valence-electron chi connectivity index (χ3n) is 3.81. The van der Waals surface area contributed by atoms with E-state index in [2.05, 4.69) is 0 Å². The van der Waals surface area contributed by atoms with Gasteiger partial charge in [-0.2, -0.15) is 0 Å². The minimum Gasteiger partial charge on any atom is -0.502 e. The van der Waals surface area contributed by atoms with Gasteiger partial charge in [0.2, 0.25) is 5.75 Å². The van der Waals surface area contributed by atoms with Crippen LogP contribution in [0.2, 0.25) is 0 Å². The van der Waals surface area contributed by atoms with Crippen molar-refractivity contribution in [1.82, 2.24) is 0 Å². The average Bonchev–Trinajstić information content (AvgIpc) is 2.50. The first-order chi connectivity index (χ1) is 11.6. The number of phenols is 1. The van der Waals surface area contributed by atoms with Crippen LogP contribution in [-0.2, 0) is 9.59 Å². The lowest BCUT2D eigenvalue weighted by molar-refractivity contribution is -0.140. The number of phenolic OH excluding ortho intramolecular Hbond substituents is 1. The molecule has 0 aliphatic rings. The maximum atomic E-state index is 11.3. The average molecular weight is 352 g/mol. The number of hydrogen-bond donors (Lipinski definition) is 3. The van der Waals surface area contributed by atoms with E-state index in [1.165, 1.54) is 14.2 Å². The lowest BCUT2D eigenvalue weighted by Gasteiger charge is -2.24. The second-order valence-corrected chi connectivity index (χ2v) is 6.13.